The van der Waals surface area contributed by atoms with Crippen molar-refractivity contribution >= 4 is 11.9 Å². The molecule has 0 aliphatic heterocycles. The first kappa shape index (κ1) is 12.6. The van der Waals surface area contributed by atoms with Crippen LogP contribution in [0.15, 0.2) is 12.7 Å². The summed E-state index contributed by atoms with van der Waals surface area (Å²) in [5.74, 6) is -0.724. The van der Waals surface area contributed by atoms with Gasteiger partial charge in [-0.15, -0.1) is 6.58 Å². The van der Waals surface area contributed by atoms with Crippen LogP contribution in [0.25, 0.3) is 0 Å². The molecule has 0 aromatic rings. The number of carbonyl (C=O) groups excluding carboxylic acids is 2. The molecule has 1 unspecified atom stereocenters. The number of hydrogen-bond acceptors (Lipinski definition) is 4. The molecule has 5 heteroatoms. The van der Waals surface area contributed by atoms with Gasteiger partial charge in [0.1, 0.15) is 6.04 Å². The van der Waals surface area contributed by atoms with Crippen molar-refractivity contribution in [2.45, 2.75) is 13.0 Å². The Labute approximate surface area is 83.5 Å². The predicted molar refractivity (Wildman–Crippen MR) is 52.7 cm³/mol. The van der Waals surface area contributed by atoms with Crippen molar-refractivity contribution in [3.8, 4) is 0 Å². The van der Waals surface area contributed by atoms with E-state index >= 15 is 0 Å². The van der Waals surface area contributed by atoms with E-state index in [9.17, 15) is 9.59 Å². The summed E-state index contributed by atoms with van der Waals surface area (Å²) in [6, 6.07) is -0.641. The maximum Gasteiger partial charge on any atom is 0.329 e. The van der Waals surface area contributed by atoms with Crippen LogP contribution in [0.4, 0.5) is 0 Å². The normalized spacial score (nSPS) is 11.6. The standard InChI is InChI=1S/C9H16N2O3/c1-4-5-10-6-8(9(13)14-3)11-7(2)12/h4,8,10H,1,5-6H2,2-3H3,(H,11,12). The highest BCUT2D eigenvalue weighted by Gasteiger charge is 2.18. The molecule has 0 rings (SSSR count). The van der Waals surface area contributed by atoms with E-state index in [1.807, 2.05) is 0 Å². The van der Waals surface area contributed by atoms with Gasteiger partial charge in [-0.25, -0.2) is 4.79 Å². The second-order valence-corrected chi connectivity index (χ2v) is 2.72. The Morgan fingerprint density at radius 2 is 2.21 bits per heavy atom. The zero-order valence-corrected chi connectivity index (χ0v) is 8.50. The number of methoxy groups -OCH3 is 1. The molecule has 0 aromatic carbocycles. The summed E-state index contributed by atoms with van der Waals surface area (Å²) >= 11 is 0. The highest BCUT2D eigenvalue weighted by Crippen LogP contribution is 1.86. The number of carbonyl (C=O) groups is 2. The molecule has 1 atom stereocenters. The van der Waals surface area contributed by atoms with Crippen molar-refractivity contribution in [3.05, 3.63) is 12.7 Å². The molecule has 0 aliphatic rings. The SMILES string of the molecule is C=CCNCC(NC(C)=O)C(=O)OC. The Kier molecular flexibility index (Phi) is 6.39. The molecule has 2 N–H and O–H groups in total. The quantitative estimate of drug-likeness (QED) is 0.342. The molecule has 0 bridgehead atoms. The van der Waals surface area contributed by atoms with Gasteiger partial charge in [-0.1, -0.05) is 6.08 Å². The summed E-state index contributed by atoms with van der Waals surface area (Å²) in [6.07, 6.45) is 1.67. The van der Waals surface area contributed by atoms with Crippen molar-refractivity contribution in [1.82, 2.24) is 10.6 Å². The van der Waals surface area contributed by atoms with E-state index in [0.717, 1.165) is 0 Å². The van der Waals surface area contributed by atoms with E-state index < -0.39 is 12.0 Å². The largest absolute Gasteiger partial charge is 0.467 e. The van der Waals surface area contributed by atoms with Gasteiger partial charge in [0.05, 0.1) is 7.11 Å². The first-order valence-corrected chi connectivity index (χ1v) is 4.28. The Balaban J connectivity index is 4.03. The number of amides is 1. The van der Waals surface area contributed by atoms with Crippen LogP contribution in [0.3, 0.4) is 0 Å². The molecule has 14 heavy (non-hydrogen) atoms. The number of nitrogens with one attached hydrogen (secondary N) is 2. The van der Waals surface area contributed by atoms with Crippen LogP contribution in [-0.2, 0) is 14.3 Å². The molecule has 0 heterocycles. The molecule has 0 spiro atoms. The lowest BCUT2D eigenvalue weighted by Crippen LogP contribution is -2.47. The molecule has 0 saturated carbocycles. The maximum absolute atomic E-state index is 11.1. The maximum atomic E-state index is 11.1. The van der Waals surface area contributed by atoms with Crippen LogP contribution in [0.2, 0.25) is 0 Å². The fourth-order valence-electron chi connectivity index (χ4n) is 0.911. The Morgan fingerprint density at radius 3 is 2.64 bits per heavy atom. The minimum Gasteiger partial charge on any atom is -0.467 e. The Morgan fingerprint density at radius 1 is 1.57 bits per heavy atom. The van der Waals surface area contributed by atoms with Crippen LogP contribution in [0.5, 0.6) is 0 Å². The number of hydrogen-bond donors (Lipinski definition) is 2. The van der Waals surface area contributed by atoms with Gasteiger partial charge in [0.15, 0.2) is 0 Å². The van der Waals surface area contributed by atoms with Crippen molar-refractivity contribution < 1.29 is 14.3 Å². The summed E-state index contributed by atoms with van der Waals surface area (Å²) in [5.41, 5.74) is 0. The summed E-state index contributed by atoms with van der Waals surface area (Å²) in [7, 11) is 1.28. The molecule has 0 fully saturated rings. The van der Waals surface area contributed by atoms with Gasteiger partial charge in [0, 0.05) is 20.0 Å². The molecule has 1 amide bonds. The fourth-order valence-corrected chi connectivity index (χ4v) is 0.911. The van der Waals surface area contributed by atoms with E-state index in [4.69, 9.17) is 0 Å². The molecule has 0 radical (unpaired) electrons. The van der Waals surface area contributed by atoms with Gasteiger partial charge in [-0.3, -0.25) is 4.79 Å². The van der Waals surface area contributed by atoms with Crippen LogP contribution < -0.4 is 10.6 Å². The van der Waals surface area contributed by atoms with Gasteiger partial charge in [-0.2, -0.15) is 0 Å². The minimum atomic E-state index is -0.641. The number of rotatable bonds is 6. The molecular weight excluding hydrogens is 184 g/mol. The Hall–Kier alpha value is -1.36. The van der Waals surface area contributed by atoms with Gasteiger partial charge < -0.3 is 15.4 Å². The average molecular weight is 200 g/mol. The van der Waals surface area contributed by atoms with E-state index in [1.54, 1.807) is 6.08 Å². The van der Waals surface area contributed by atoms with Crippen LogP contribution in [0.1, 0.15) is 6.92 Å². The topological polar surface area (TPSA) is 67.4 Å². The first-order chi connectivity index (χ1) is 6.61. The predicted octanol–water partition coefficient (Wildman–Crippen LogP) is -0.560. The smallest absolute Gasteiger partial charge is 0.329 e. The molecule has 0 aromatic heterocycles. The molecule has 0 saturated heterocycles. The third kappa shape index (κ3) is 5.31. The lowest BCUT2D eigenvalue weighted by molar-refractivity contribution is -0.144. The van der Waals surface area contributed by atoms with E-state index in [2.05, 4.69) is 21.9 Å². The van der Waals surface area contributed by atoms with Crippen molar-refractivity contribution in [3.63, 3.8) is 0 Å². The van der Waals surface area contributed by atoms with Crippen molar-refractivity contribution in [2.75, 3.05) is 20.2 Å². The first-order valence-electron chi connectivity index (χ1n) is 4.28. The summed E-state index contributed by atoms with van der Waals surface area (Å²) < 4.78 is 4.52. The van der Waals surface area contributed by atoms with Gasteiger partial charge in [0.25, 0.3) is 0 Å². The Bertz CT molecular complexity index is 216. The zero-order chi connectivity index (χ0) is 11.0. The second-order valence-electron chi connectivity index (χ2n) is 2.72. The zero-order valence-electron chi connectivity index (χ0n) is 8.50. The van der Waals surface area contributed by atoms with E-state index in [-0.39, 0.29) is 5.91 Å². The fraction of sp³-hybridized carbons (Fsp3) is 0.556. The highest BCUT2D eigenvalue weighted by atomic mass is 16.5. The number of esters is 1. The average Bonchev–Trinajstić information content (AvgIpc) is 2.15. The minimum absolute atomic E-state index is 0.263. The van der Waals surface area contributed by atoms with Crippen LogP contribution in [0, 0.1) is 0 Å². The van der Waals surface area contributed by atoms with Gasteiger partial charge >= 0.3 is 5.97 Å². The highest BCUT2D eigenvalue weighted by molar-refractivity contribution is 5.83. The number of ether oxygens (including phenoxy) is 1. The lowest BCUT2D eigenvalue weighted by Gasteiger charge is -2.15. The van der Waals surface area contributed by atoms with Crippen LogP contribution in [-0.4, -0.2) is 38.1 Å². The lowest BCUT2D eigenvalue weighted by atomic mass is 10.3. The summed E-state index contributed by atoms with van der Waals surface area (Å²) in [6.45, 7) is 5.78. The summed E-state index contributed by atoms with van der Waals surface area (Å²) in [4.78, 5) is 21.9. The molecule has 5 nitrogen and oxygen atoms in total. The van der Waals surface area contributed by atoms with Crippen molar-refractivity contribution in [1.29, 1.82) is 0 Å². The molecule has 80 valence electrons. The monoisotopic (exact) mass is 200 g/mol. The second kappa shape index (κ2) is 7.08. The van der Waals surface area contributed by atoms with E-state index in [1.165, 1.54) is 14.0 Å². The molecule has 0 aliphatic carbocycles. The third-order valence-corrected chi connectivity index (χ3v) is 1.50. The van der Waals surface area contributed by atoms with Crippen LogP contribution >= 0.6 is 0 Å². The summed E-state index contributed by atoms with van der Waals surface area (Å²) in [5, 5.41) is 5.40. The van der Waals surface area contributed by atoms with Gasteiger partial charge in [0.2, 0.25) is 5.91 Å². The van der Waals surface area contributed by atoms with Crippen molar-refractivity contribution in [2.24, 2.45) is 0 Å². The van der Waals surface area contributed by atoms with Gasteiger partial charge in [-0.05, 0) is 0 Å². The molecular formula is C9H16N2O3. The third-order valence-electron chi connectivity index (χ3n) is 1.50. The van der Waals surface area contributed by atoms with E-state index in [0.29, 0.717) is 13.1 Å².